The second-order valence-corrected chi connectivity index (χ2v) is 6.31. The highest BCUT2D eigenvalue weighted by Crippen LogP contribution is 2.26. The molecule has 3 aromatic rings. The van der Waals surface area contributed by atoms with Gasteiger partial charge in [0, 0.05) is 32.1 Å². The Bertz CT molecular complexity index is 935. The van der Waals surface area contributed by atoms with Crippen molar-refractivity contribution in [1.82, 2.24) is 20.6 Å². The number of aryl methyl sites for hydroxylation is 1. The monoisotopic (exact) mass is 405 g/mol. The fourth-order valence-corrected chi connectivity index (χ4v) is 2.86. The summed E-state index contributed by atoms with van der Waals surface area (Å²) in [5, 5.41) is 6.15. The molecule has 1 aromatic heterocycles. The molecule has 0 radical (unpaired) electrons. The summed E-state index contributed by atoms with van der Waals surface area (Å²) < 4.78 is 41.6. The van der Waals surface area contributed by atoms with Crippen molar-refractivity contribution in [3.63, 3.8) is 0 Å². The van der Waals surface area contributed by atoms with E-state index >= 15 is 0 Å². The van der Waals surface area contributed by atoms with Crippen molar-refractivity contribution in [3.05, 3.63) is 59.9 Å². The van der Waals surface area contributed by atoms with Gasteiger partial charge in [-0.3, -0.25) is 4.99 Å². The summed E-state index contributed by atoms with van der Waals surface area (Å²) in [6, 6.07) is 13.9. The number of hydrogen-bond donors (Lipinski definition) is 3. The second-order valence-electron chi connectivity index (χ2n) is 6.31. The number of hydrogen-bond acceptors (Lipinski definition) is 3. The summed E-state index contributed by atoms with van der Waals surface area (Å²) in [5.74, 6) is 1.18. The van der Waals surface area contributed by atoms with E-state index in [2.05, 4.69) is 30.3 Å². The van der Waals surface area contributed by atoms with E-state index in [1.165, 1.54) is 12.1 Å². The SMILES string of the molecule is CN=C(NCCCc1nc2ccccc2[nH]1)NCc1ccccc1OC(F)(F)F. The Morgan fingerprint density at radius 2 is 1.86 bits per heavy atom. The van der Waals surface area contributed by atoms with Gasteiger partial charge in [-0.1, -0.05) is 30.3 Å². The fraction of sp³-hybridized carbons (Fsp3) is 0.300. The normalized spacial score (nSPS) is 12.2. The average molecular weight is 405 g/mol. The molecule has 6 nitrogen and oxygen atoms in total. The molecule has 0 unspecified atom stereocenters. The summed E-state index contributed by atoms with van der Waals surface area (Å²) in [6.07, 6.45) is -3.15. The molecule has 3 rings (SSSR count). The first kappa shape index (κ1) is 20.5. The van der Waals surface area contributed by atoms with Crippen molar-refractivity contribution in [2.24, 2.45) is 4.99 Å². The smallest absolute Gasteiger partial charge is 0.405 e. The van der Waals surface area contributed by atoms with Crippen LogP contribution in [0.1, 0.15) is 17.8 Å². The molecule has 154 valence electrons. The highest BCUT2D eigenvalue weighted by atomic mass is 19.4. The van der Waals surface area contributed by atoms with Gasteiger partial charge in [0.05, 0.1) is 11.0 Å². The molecular formula is C20H22F3N5O. The van der Waals surface area contributed by atoms with Crippen molar-refractivity contribution >= 4 is 17.0 Å². The topological polar surface area (TPSA) is 74.3 Å². The van der Waals surface area contributed by atoms with Gasteiger partial charge in [0.15, 0.2) is 5.96 Å². The molecular weight excluding hydrogens is 383 g/mol. The van der Waals surface area contributed by atoms with Crippen LogP contribution in [0.5, 0.6) is 5.75 Å². The van der Waals surface area contributed by atoms with Crippen molar-refractivity contribution in [3.8, 4) is 5.75 Å². The zero-order valence-corrected chi connectivity index (χ0v) is 15.9. The number of aromatic amines is 1. The average Bonchev–Trinajstić information content (AvgIpc) is 3.10. The number of imidazole rings is 1. The standard InChI is InChI=1S/C20H22F3N5O/c1-24-19(26-13-14-7-2-5-10-17(14)29-20(21,22)23)25-12-6-11-18-27-15-8-3-4-9-16(15)28-18/h2-5,7-10H,6,11-13H2,1H3,(H,27,28)(H2,24,25,26). The van der Waals surface area contributed by atoms with E-state index in [-0.39, 0.29) is 12.3 Å². The van der Waals surface area contributed by atoms with Crippen molar-refractivity contribution < 1.29 is 17.9 Å². The molecule has 9 heteroatoms. The lowest BCUT2D eigenvalue weighted by Crippen LogP contribution is -2.37. The molecule has 0 saturated heterocycles. The molecule has 0 aliphatic carbocycles. The number of halogens is 3. The molecule has 0 aliphatic rings. The lowest BCUT2D eigenvalue weighted by atomic mass is 10.2. The number of para-hydroxylation sites is 3. The number of H-pyrrole nitrogens is 1. The molecule has 1 heterocycles. The Morgan fingerprint density at radius 1 is 1.10 bits per heavy atom. The van der Waals surface area contributed by atoms with E-state index in [0.717, 1.165) is 29.7 Å². The lowest BCUT2D eigenvalue weighted by molar-refractivity contribution is -0.274. The third kappa shape index (κ3) is 6.13. The summed E-state index contributed by atoms with van der Waals surface area (Å²) >= 11 is 0. The fourth-order valence-electron chi connectivity index (χ4n) is 2.86. The molecule has 0 saturated carbocycles. The van der Waals surface area contributed by atoms with Crippen LogP contribution in [0.3, 0.4) is 0 Å². The Hall–Kier alpha value is -3.23. The highest BCUT2D eigenvalue weighted by Gasteiger charge is 2.31. The minimum atomic E-state index is -4.73. The number of aliphatic imine (C=N–C) groups is 1. The van der Waals surface area contributed by atoms with Crippen LogP contribution in [0, 0.1) is 0 Å². The first-order valence-corrected chi connectivity index (χ1v) is 9.16. The number of nitrogens with one attached hydrogen (secondary N) is 3. The number of nitrogens with zero attached hydrogens (tertiary/aromatic N) is 2. The number of fused-ring (bicyclic) bond motifs is 1. The van der Waals surface area contributed by atoms with Gasteiger partial charge in [-0.15, -0.1) is 13.2 Å². The number of benzene rings is 2. The molecule has 0 spiro atoms. The van der Waals surface area contributed by atoms with Crippen LogP contribution in [0.4, 0.5) is 13.2 Å². The Kier molecular flexibility index (Phi) is 6.58. The third-order valence-electron chi connectivity index (χ3n) is 4.19. The second kappa shape index (κ2) is 9.31. The van der Waals surface area contributed by atoms with Crippen LogP contribution < -0.4 is 15.4 Å². The van der Waals surface area contributed by atoms with Gasteiger partial charge in [0.2, 0.25) is 0 Å². The molecule has 3 N–H and O–H groups in total. The minimum absolute atomic E-state index is 0.148. The van der Waals surface area contributed by atoms with Gasteiger partial charge in [-0.2, -0.15) is 0 Å². The summed E-state index contributed by atoms with van der Waals surface area (Å²) in [4.78, 5) is 11.9. The van der Waals surface area contributed by atoms with Crippen LogP contribution in [0.25, 0.3) is 11.0 Å². The van der Waals surface area contributed by atoms with Gasteiger partial charge >= 0.3 is 6.36 Å². The maximum absolute atomic E-state index is 12.5. The van der Waals surface area contributed by atoms with Gasteiger partial charge in [-0.05, 0) is 24.6 Å². The summed E-state index contributed by atoms with van der Waals surface area (Å²) in [7, 11) is 1.60. The minimum Gasteiger partial charge on any atom is -0.405 e. The van der Waals surface area contributed by atoms with E-state index in [4.69, 9.17) is 0 Å². The van der Waals surface area contributed by atoms with Crippen LogP contribution in [0.15, 0.2) is 53.5 Å². The quantitative estimate of drug-likeness (QED) is 0.318. The lowest BCUT2D eigenvalue weighted by Gasteiger charge is -2.15. The van der Waals surface area contributed by atoms with Gasteiger partial charge in [-0.25, -0.2) is 4.98 Å². The first-order valence-electron chi connectivity index (χ1n) is 9.16. The van der Waals surface area contributed by atoms with Crippen LogP contribution in [-0.2, 0) is 13.0 Å². The van der Waals surface area contributed by atoms with Crippen molar-refractivity contribution in [2.45, 2.75) is 25.7 Å². The summed E-state index contributed by atoms with van der Waals surface area (Å²) in [5.41, 5.74) is 2.33. The molecule has 0 amide bonds. The Labute approximate surface area is 166 Å². The number of ether oxygens (including phenoxy) is 1. The largest absolute Gasteiger partial charge is 0.573 e. The number of aromatic nitrogens is 2. The van der Waals surface area contributed by atoms with Crippen LogP contribution in [0.2, 0.25) is 0 Å². The Balaban J connectivity index is 1.46. The van der Waals surface area contributed by atoms with Gasteiger partial charge < -0.3 is 20.4 Å². The molecule has 0 aliphatic heterocycles. The Morgan fingerprint density at radius 3 is 2.62 bits per heavy atom. The molecule has 29 heavy (non-hydrogen) atoms. The van der Waals surface area contributed by atoms with E-state index in [1.807, 2.05) is 24.3 Å². The first-order chi connectivity index (χ1) is 13.9. The predicted octanol–water partition coefficient (Wildman–Crippen LogP) is 3.76. The number of alkyl halides is 3. The number of rotatable bonds is 7. The maximum atomic E-state index is 12.5. The van der Waals surface area contributed by atoms with Gasteiger partial charge in [0.25, 0.3) is 0 Å². The van der Waals surface area contributed by atoms with Crippen molar-refractivity contribution in [1.29, 1.82) is 0 Å². The molecule has 2 aromatic carbocycles. The maximum Gasteiger partial charge on any atom is 0.573 e. The van der Waals surface area contributed by atoms with Crippen LogP contribution >= 0.6 is 0 Å². The van der Waals surface area contributed by atoms with Gasteiger partial charge in [0.1, 0.15) is 11.6 Å². The number of guanidine groups is 1. The molecule has 0 fully saturated rings. The molecule has 0 bridgehead atoms. The summed E-state index contributed by atoms with van der Waals surface area (Å²) in [6.45, 7) is 0.785. The zero-order chi connectivity index (χ0) is 20.7. The third-order valence-corrected chi connectivity index (χ3v) is 4.19. The van der Waals surface area contributed by atoms with Crippen LogP contribution in [-0.4, -0.2) is 35.9 Å². The predicted molar refractivity (Wildman–Crippen MR) is 106 cm³/mol. The van der Waals surface area contributed by atoms with Crippen molar-refractivity contribution in [2.75, 3.05) is 13.6 Å². The van der Waals surface area contributed by atoms with E-state index in [9.17, 15) is 13.2 Å². The highest BCUT2D eigenvalue weighted by molar-refractivity contribution is 5.79. The van der Waals surface area contributed by atoms with E-state index in [0.29, 0.717) is 18.1 Å². The van der Waals surface area contributed by atoms with E-state index < -0.39 is 6.36 Å². The zero-order valence-electron chi connectivity index (χ0n) is 15.9. The molecule has 0 atom stereocenters. The van der Waals surface area contributed by atoms with E-state index in [1.54, 1.807) is 19.2 Å².